The summed E-state index contributed by atoms with van der Waals surface area (Å²) in [6.45, 7) is 4.85. The first-order valence-corrected chi connectivity index (χ1v) is 12.0. The van der Waals surface area contributed by atoms with Crippen LogP contribution >= 0.6 is 0 Å². The average Bonchev–Trinajstić information content (AvgIpc) is 3.52. The molecule has 1 amide bonds. The molecule has 10 nitrogen and oxygen atoms in total. The summed E-state index contributed by atoms with van der Waals surface area (Å²) in [5, 5.41) is 7.71. The normalized spacial score (nSPS) is 11.2. The Morgan fingerprint density at radius 1 is 1.16 bits per heavy atom. The number of aryl methyl sites for hydroxylation is 3. The number of aromatic nitrogens is 6. The standard InChI is InChI=1S/C27H28N8O2/c1-4-35-25(28)23(26-29-11-12-30-26)24(37)20-9-10-21(32-27(20)35)18-7-5-17(6-8-18)14-22(36)31-15-19-13-16(2)33-34(19)3/h5-13H,4,14-15,28H2,1-3H3,(H,29,30)(H,31,36). The molecule has 0 radical (unpaired) electrons. The van der Waals surface area contributed by atoms with Crippen molar-refractivity contribution in [3.63, 3.8) is 0 Å². The third-order valence-corrected chi connectivity index (χ3v) is 6.38. The van der Waals surface area contributed by atoms with Gasteiger partial charge >= 0.3 is 0 Å². The van der Waals surface area contributed by atoms with Gasteiger partial charge in [-0.05, 0) is 37.6 Å². The fourth-order valence-corrected chi connectivity index (χ4v) is 4.50. The average molecular weight is 497 g/mol. The smallest absolute Gasteiger partial charge is 0.224 e. The molecule has 0 aliphatic rings. The predicted octanol–water partition coefficient (Wildman–Crippen LogP) is 2.96. The van der Waals surface area contributed by atoms with Crippen LogP contribution < -0.4 is 16.5 Å². The second-order valence-corrected chi connectivity index (χ2v) is 8.89. The van der Waals surface area contributed by atoms with E-state index in [0.29, 0.717) is 47.0 Å². The van der Waals surface area contributed by atoms with E-state index in [9.17, 15) is 9.59 Å². The van der Waals surface area contributed by atoms with Gasteiger partial charge in [-0.25, -0.2) is 9.97 Å². The molecule has 0 spiro atoms. The lowest BCUT2D eigenvalue weighted by Crippen LogP contribution is -2.25. The van der Waals surface area contributed by atoms with Gasteiger partial charge in [-0.2, -0.15) is 5.10 Å². The number of carbonyl (C=O) groups excluding carboxylic acids is 1. The molecular weight excluding hydrogens is 468 g/mol. The summed E-state index contributed by atoms with van der Waals surface area (Å²) < 4.78 is 3.59. The predicted molar refractivity (Wildman–Crippen MR) is 143 cm³/mol. The summed E-state index contributed by atoms with van der Waals surface area (Å²) in [5.41, 5.74) is 11.4. The molecule has 4 heterocycles. The Labute approximate surface area is 213 Å². The minimum Gasteiger partial charge on any atom is -0.384 e. The number of nitrogens with one attached hydrogen (secondary N) is 2. The topological polar surface area (TPSA) is 137 Å². The molecule has 5 aromatic rings. The number of hydrogen-bond acceptors (Lipinski definition) is 6. The maximum Gasteiger partial charge on any atom is 0.224 e. The van der Waals surface area contributed by atoms with Crippen LogP contribution in [0.4, 0.5) is 5.82 Å². The molecule has 0 bridgehead atoms. The number of fused-ring (bicyclic) bond motifs is 1. The first-order valence-electron chi connectivity index (χ1n) is 12.0. The zero-order valence-electron chi connectivity index (χ0n) is 20.9. The van der Waals surface area contributed by atoms with Crippen molar-refractivity contribution in [2.24, 2.45) is 7.05 Å². The number of nitrogens with two attached hydrogens (primary N) is 1. The summed E-state index contributed by atoms with van der Waals surface area (Å²) in [6, 6.07) is 13.2. The lowest BCUT2D eigenvalue weighted by Gasteiger charge is -2.15. The van der Waals surface area contributed by atoms with E-state index in [0.717, 1.165) is 22.5 Å². The largest absolute Gasteiger partial charge is 0.384 e. The van der Waals surface area contributed by atoms with Crippen molar-refractivity contribution >= 4 is 22.8 Å². The van der Waals surface area contributed by atoms with Crippen LogP contribution in [0.3, 0.4) is 0 Å². The Balaban J connectivity index is 1.38. The molecule has 4 N–H and O–H groups in total. The van der Waals surface area contributed by atoms with Crippen LogP contribution in [0.15, 0.2) is 59.7 Å². The van der Waals surface area contributed by atoms with Crippen LogP contribution in [-0.2, 0) is 31.4 Å². The quantitative estimate of drug-likeness (QED) is 0.317. The zero-order valence-corrected chi connectivity index (χ0v) is 20.9. The van der Waals surface area contributed by atoms with Crippen molar-refractivity contribution in [1.29, 1.82) is 0 Å². The first-order chi connectivity index (χ1) is 17.9. The number of aromatic amines is 1. The lowest BCUT2D eigenvalue weighted by atomic mass is 10.1. The lowest BCUT2D eigenvalue weighted by molar-refractivity contribution is -0.120. The molecule has 0 saturated carbocycles. The van der Waals surface area contributed by atoms with E-state index in [-0.39, 0.29) is 17.8 Å². The van der Waals surface area contributed by atoms with Crippen LogP contribution in [0.25, 0.3) is 33.7 Å². The van der Waals surface area contributed by atoms with Gasteiger partial charge in [0.05, 0.1) is 35.4 Å². The number of carbonyl (C=O) groups is 1. The van der Waals surface area contributed by atoms with Crippen LogP contribution in [0, 0.1) is 6.92 Å². The van der Waals surface area contributed by atoms with Gasteiger partial charge in [0.15, 0.2) is 0 Å². The highest BCUT2D eigenvalue weighted by Gasteiger charge is 2.19. The summed E-state index contributed by atoms with van der Waals surface area (Å²) >= 11 is 0. The molecule has 4 aromatic heterocycles. The van der Waals surface area contributed by atoms with Crippen LogP contribution in [0.2, 0.25) is 0 Å². The van der Waals surface area contributed by atoms with Crippen LogP contribution in [-0.4, -0.2) is 35.2 Å². The Bertz CT molecular complexity index is 1650. The van der Waals surface area contributed by atoms with E-state index < -0.39 is 0 Å². The minimum atomic E-state index is -0.214. The molecular formula is C27H28N8O2. The molecule has 0 saturated heterocycles. The SMILES string of the molecule is CCn1c(N)c(-c2ncc[nH]2)c(=O)c2ccc(-c3ccc(CC(=O)NCc4cc(C)nn4C)cc3)nc21. The van der Waals surface area contributed by atoms with Crippen molar-refractivity contribution in [3.05, 3.63) is 82.0 Å². The van der Waals surface area contributed by atoms with Crippen molar-refractivity contribution in [2.45, 2.75) is 33.4 Å². The third-order valence-electron chi connectivity index (χ3n) is 6.38. The third kappa shape index (κ3) is 4.61. The van der Waals surface area contributed by atoms with Gasteiger partial charge in [0.25, 0.3) is 0 Å². The van der Waals surface area contributed by atoms with Crippen molar-refractivity contribution in [3.8, 4) is 22.6 Å². The highest BCUT2D eigenvalue weighted by Crippen LogP contribution is 2.26. The van der Waals surface area contributed by atoms with Gasteiger partial charge in [0.1, 0.15) is 22.9 Å². The molecule has 1 aromatic carbocycles. The molecule has 0 atom stereocenters. The molecule has 0 aliphatic carbocycles. The number of benzene rings is 1. The maximum absolute atomic E-state index is 13.2. The summed E-state index contributed by atoms with van der Waals surface area (Å²) in [5.74, 6) is 0.693. The molecule has 10 heteroatoms. The van der Waals surface area contributed by atoms with Crippen molar-refractivity contribution in [1.82, 2.24) is 34.6 Å². The van der Waals surface area contributed by atoms with E-state index in [1.165, 1.54) is 0 Å². The van der Waals surface area contributed by atoms with Gasteiger partial charge in [-0.3, -0.25) is 14.3 Å². The molecule has 188 valence electrons. The molecule has 0 fully saturated rings. The van der Waals surface area contributed by atoms with Gasteiger partial charge in [0, 0.05) is 31.5 Å². The second kappa shape index (κ2) is 9.73. The van der Waals surface area contributed by atoms with Gasteiger partial charge in [0.2, 0.25) is 11.3 Å². The van der Waals surface area contributed by atoms with Gasteiger partial charge in [-0.1, -0.05) is 24.3 Å². The molecule has 0 aliphatic heterocycles. The Morgan fingerprint density at radius 2 is 1.95 bits per heavy atom. The van der Waals surface area contributed by atoms with Crippen LogP contribution in [0.5, 0.6) is 0 Å². The van der Waals surface area contributed by atoms with E-state index in [1.807, 2.05) is 61.9 Å². The van der Waals surface area contributed by atoms with E-state index >= 15 is 0 Å². The second-order valence-electron chi connectivity index (χ2n) is 8.89. The number of rotatable bonds is 7. The number of nitrogen functional groups attached to an aromatic ring is 1. The number of anilines is 1. The van der Waals surface area contributed by atoms with Crippen molar-refractivity contribution in [2.75, 3.05) is 5.73 Å². The molecule has 0 unspecified atom stereocenters. The maximum atomic E-state index is 13.2. The van der Waals surface area contributed by atoms with E-state index in [2.05, 4.69) is 20.4 Å². The Morgan fingerprint density at radius 3 is 2.59 bits per heavy atom. The van der Waals surface area contributed by atoms with Crippen LogP contribution in [0.1, 0.15) is 23.9 Å². The molecule has 37 heavy (non-hydrogen) atoms. The zero-order chi connectivity index (χ0) is 26.1. The monoisotopic (exact) mass is 496 g/mol. The van der Waals surface area contributed by atoms with Gasteiger partial charge < -0.3 is 20.6 Å². The minimum absolute atomic E-state index is 0.0646. The number of pyridine rings is 2. The number of H-pyrrole nitrogens is 1. The highest BCUT2D eigenvalue weighted by atomic mass is 16.1. The number of imidazole rings is 1. The highest BCUT2D eigenvalue weighted by molar-refractivity contribution is 5.87. The number of hydrogen-bond donors (Lipinski definition) is 3. The van der Waals surface area contributed by atoms with E-state index in [1.54, 1.807) is 23.1 Å². The Kier molecular flexibility index (Phi) is 6.31. The number of nitrogens with zero attached hydrogens (tertiary/aromatic N) is 5. The van der Waals surface area contributed by atoms with E-state index in [4.69, 9.17) is 10.7 Å². The Hall–Kier alpha value is -4.73. The fourth-order valence-electron chi connectivity index (χ4n) is 4.50. The summed E-state index contributed by atoms with van der Waals surface area (Å²) in [6.07, 6.45) is 3.51. The summed E-state index contributed by atoms with van der Waals surface area (Å²) in [7, 11) is 1.86. The van der Waals surface area contributed by atoms with Crippen molar-refractivity contribution < 1.29 is 4.79 Å². The first kappa shape index (κ1) is 24.0. The fraction of sp³-hybridized carbons (Fsp3) is 0.222. The van der Waals surface area contributed by atoms with Gasteiger partial charge in [-0.15, -0.1) is 0 Å². The summed E-state index contributed by atoms with van der Waals surface area (Å²) in [4.78, 5) is 37.7. The number of amides is 1. The molecule has 5 rings (SSSR count).